The number of likely N-dealkylation sites (tertiary alicyclic amines) is 2. The van der Waals surface area contributed by atoms with Gasteiger partial charge in [0.05, 0.1) is 45.4 Å². The van der Waals surface area contributed by atoms with Gasteiger partial charge in [-0.25, -0.2) is 13.8 Å². The first-order valence-corrected chi connectivity index (χ1v) is 28.6. The van der Waals surface area contributed by atoms with E-state index in [1.54, 1.807) is 32.4 Å². The quantitative estimate of drug-likeness (QED) is 0.124. The lowest BCUT2D eigenvalue weighted by atomic mass is 9.75. The number of carbonyl (C=O) groups is 3. The van der Waals surface area contributed by atoms with E-state index in [9.17, 15) is 23.2 Å². The molecule has 1 aromatic heterocycles. The van der Waals surface area contributed by atoms with Crippen LogP contribution < -0.4 is 19.5 Å². The Hall–Kier alpha value is -5.17. The van der Waals surface area contributed by atoms with Crippen LogP contribution in [0.4, 0.5) is 14.5 Å². The maximum Gasteiger partial charge on any atom is 0.259 e. The summed E-state index contributed by atoms with van der Waals surface area (Å²) in [6.45, 7) is 9.02. The van der Waals surface area contributed by atoms with E-state index in [1.807, 2.05) is 30.5 Å². The normalized spacial score (nSPS) is 17.7. The molecule has 2 aliphatic heterocycles. The van der Waals surface area contributed by atoms with Crippen LogP contribution in [-0.2, 0) is 61.0 Å². The number of benzene rings is 3. The summed E-state index contributed by atoms with van der Waals surface area (Å²) in [4.78, 5) is 46.1. The Balaban J connectivity index is 0.000000162. The number of fused-ring (bicyclic) bond motifs is 3. The zero-order valence-corrected chi connectivity index (χ0v) is 46.2. The first-order chi connectivity index (χ1) is 35.6. The van der Waals surface area contributed by atoms with Gasteiger partial charge in [-0.15, -0.1) is 11.8 Å². The molecule has 2 saturated heterocycles. The average molecular weight is 1040 g/mol. The van der Waals surface area contributed by atoms with Crippen molar-refractivity contribution in [3.05, 3.63) is 105 Å². The minimum Gasteiger partial charge on any atom is -0.496 e. The standard InChI is InChI=1S/C23H35NO2.C19H25F2NO2.C19H22N2O2S/c1-23(2,3)20-10-12-24(13-11-20)22(25)16-19-14-17-8-6-5-7-9-18(17)15-21(19)26-4;1-24-17-12-15-6-4-2-3-5-14(15)11-16(17)13-18(23)22-9-7-19(20,21)8-10-22;1-23-17-12-14-8-5-3-4-7-13(14)11-15(17)18(22)21-16-9-6-10-20-19(16)24-2/h14-15,20H,5-13,16H2,1-4H3;11-12H,2-10,13H2,1H3;6,9-12H,3-5,7-8H2,1-2H3,(H,21,22). The summed E-state index contributed by atoms with van der Waals surface area (Å²) in [5.41, 5.74) is 11.7. The van der Waals surface area contributed by atoms with E-state index in [2.05, 4.69) is 60.2 Å². The molecule has 2 fully saturated rings. The number of pyridine rings is 1. The molecule has 4 aromatic rings. The number of nitrogens with one attached hydrogen (secondary N) is 1. The minimum absolute atomic E-state index is 0.0858. The Morgan fingerprint density at radius 3 is 1.49 bits per heavy atom. The van der Waals surface area contributed by atoms with Gasteiger partial charge in [0.2, 0.25) is 11.8 Å². The number of piperidine rings is 2. The highest BCUT2D eigenvalue weighted by Gasteiger charge is 2.36. The molecule has 0 saturated carbocycles. The van der Waals surface area contributed by atoms with E-state index < -0.39 is 5.92 Å². The van der Waals surface area contributed by atoms with Crippen LogP contribution in [0.15, 0.2) is 59.8 Å². The zero-order chi connectivity index (χ0) is 52.8. The Bertz CT molecular complexity index is 2540. The highest BCUT2D eigenvalue weighted by atomic mass is 32.2. The van der Waals surface area contributed by atoms with Gasteiger partial charge in [-0.3, -0.25) is 14.4 Å². The number of aromatic nitrogens is 1. The van der Waals surface area contributed by atoms with E-state index in [0.717, 1.165) is 97.8 Å². The van der Waals surface area contributed by atoms with Crippen molar-refractivity contribution in [3.8, 4) is 17.2 Å². The van der Waals surface area contributed by atoms with Crippen LogP contribution in [0.5, 0.6) is 17.2 Å². The minimum atomic E-state index is -2.63. The predicted molar refractivity (Wildman–Crippen MR) is 294 cm³/mol. The first kappa shape index (κ1) is 56.6. The number of nitrogens with zero attached hydrogens (tertiary/aromatic N) is 3. The van der Waals surface area contributed by atoms with E-state index in [4.69, 9.17) is 14.2 Å². The molecule has 10 nitrogen and oxygen atoms in total. The molecular formula is C61H82F2N4O6S. The Kier molecular flexibility index (Phi) is 20.3. The summed E-state index contributed by atoms with van der Waals surface area (Å²) in [6.07, 6.45) is 23.6. The molecule has 0 radical (unpaired) electrons. The van der Waals surface area contributed by atoms with Crippen LogP contribution in [0.25, 0.3) is 0 Å². The Labute approximate surface area is 444 Å². The number of rotatable bonds is 10. The summed E-state index contributed by atoms with van der Waals surface area (Å²) in [5.74, 6) is 0.383. The van der Waals surface area contributed by atoms with Crippen LogP contribution in [-0.4, -0.2) is 92.2 Å². The van der Waals surface area contributed by atoms with Crippen LogP contribution in [0.3, 0.4) is 0 Å². The number of thioether (sulfide) groups is 1. The number of anilines is 1. The van der Waals surface area contributed by atoms with Crippen molar-refractivity contribution >= 4 is 35.2 Å². The number of halogens is 2. The number of hydrogen-bond acceptors (Lipinski definition) is 8. The van der Waals surface area contributed by atoms with Crippen LogP contribution >= 0.6 is 11.8 Å². The SMILES string of the molecule is COc1cc2c(cc1C(=O)Nc1cccnc1SC)CCCCC2.COc1cc2c(cc1CC(=O)N1CCC(C(C)(C)C)CC1)CCCCC2.COc1cc2c(cc1CC(=O)N1CCC(F)(F)CC1)CCCCC2. The number of ether oxygens (including phenoxy) is 3. The third-order valence-corrected chi connectivity index (χ3v) is 16.7. The average Bonchev–Trinajstić information content (AvgIpc) is 3.89. The maximum absolute atomic E-state index is 13.3. The second kappa shape index (κ2) is 26.5. The molecule has 0 atom stereocenters. The molecule has 1 N–H and O–H groups in total. The van der Waals surface area contributed by atoms with E-state index in [-0.39, 0.29) is 50.1 Å². The lowest BCUT2D eigenvalue weighted by Gasteiger charge is -2.38. The predicted octanol–water partition coefficient (Wildman–Crippen LogP) is 12.9. The van der Waals surface area contributed by atoms with Crippen molar-refractivity contribution in [1.29, 1.82) is 0 Å². The molecule has 0 spiro atoms. The van der Waals surface area contributed by atoms with Gasteiger partial charge >= 0.3 is 0 Å². The second-order valence-electron chi connectivity index (χ2n) is 22.0. The van der Waals surface area contributed by atoms with Gasteiger partial charge in [0.1, 0.15) is 22.3 Å². The van der Waals surface area contributed by atoms with E-state index >= 15 is 0 Å². The molecule has 5 aliphatic rings. The lowest BCUT2D eigenvalue weighted by molar-refractivity contribution is -0.136. The summed E-state index contributed by atoms with van der Waals surface area (Å²) >= 11 is 1.51. The number of methoxy groups -OCH3 is 3. The van der Waals surface area contributed by atoms with Gasteiger partial charge in [-0.2, -0.15) is 0 Å². The van der Waals surface area contributed by atoms with Gasteiger partial charge in [0.25, 0.3) is 11.8 Å². The van der Waals surface area contributed by atoms with Crippen molar-refractivity contribution in [1.82, 2.24) is 14.8 Å². The summed E-state index contributed by atoms with van der Waals surface area (Å²) in [5, 5.41) is 3.78. The molecule has 3 heterocycles. The van der Waals surface area contributed by atoms with Gasteiger partial charge in [0.15, 0.2) is 0 Å². The number of amides is 3. The smallest absolute Gasteiger partial charge is 0.259 e. The number of alkyl halides is 2. The topological polar surface area (TPSA) is 110 Å². The van der Waals surface area contributed by atoms with Crippen molar-refractivity contribution in [3.63, 3.8) is 0 Å². The molecule has 9 rings (SSSR count). The molecular weight excluding hydrogens is 955 g/mol. The molecule has 3 amide bonds. The van der Waals surface area contributed by atoms with Gasteiger partial charge in [0, 0.05) is 56.3 Å². The van der Waals surface area contributed by atoms with Crippen molar-refractivity contribution in [2.24, 2.45) is 11.3 Å². The number of aryl methyl sites for hydroxylation is 6. The molecule has 13 heteroatoms. The van der Waals surface area contributed by atoms with Gasteiger partial charge in [-0.05, 0) is 177 Å². The third-order valence-electron chi connectivity index (χ3n) is 16.0. The zero-order valence-electron chi connectivity index (χ0n) is 45.4. The van der Waals surface area contributed by atoms with Crippen LogP contribution in [0, 0.1) is 11.3 Å². The molecule has 74 heavy (non-hydrogen) atoms. The molecule has 0 bridgehead atoms. The highest BCUT2D eigenvalue weighted by molar-refractivity contribution is 7.98. The number of carbonyl (C=O) groups excluding carboxylic acids is 3. The second-order valence-corrected chi connectivity index (χ2v) is 22.8. The van der Waals surface area contributed by atoms with Gasteiger partial charge < -0.3 is 29.3 Å². The van der Waals surface area contributed by atoms with E-state index in [0.29, 0.717) is 29.1 Å². The molecule has 402 valence electrons. The largest absolute Gasteiger partial charge is 0.496 e. The summed E-state index contributed by atoms with van der Waals surface area (Å²) in [7, 11) is 4.96. The molecule has 0 unspecified atom stereocenters. The fourth-order valence-electron chi connectivity index (χ4n) is 11.4. The number of hydrogen-bond donors (Lipinski definition) is 1. The Morgan fingerprint density at radius 2 is 1.05 bits per heavy atom. The lowest BCUT2D eigenvalue weighted by Crippen LogP contribution is -2.43. The van der Waals surface area contributed by atoms with Crippen molar-refractivity contribution in [2.45, 2.75) is 167 Å². The van der Waals surface area contributed by atoms with Crippen molar-refractivity contribution in [2.75, 3.05) is 59.1 Å². The summed E-state index contributed by atoms with van der Waals surface area (Å²) in [6, 6.07) is 16.3. The Morgan fingerprint density at radius 1 is 0.635 bits per heavy atom. The van der Waals surface area contributed by atoms with Crippen molar-refractivity contribution < 1.29 is 37.4 Å². The van der Waals surface area contributed by atoms with Crippen LogP contribution in [0.1, 0.15) is 159 Å². The molecule has 3 aliphatic carbocycles. The monoisotopic (exact) mass is 1040 g/mol. The van der Waals surface area contributed by atoms with Crippen LogP contribution in [0.2, 0.25) is 0 Å². The molecule has 3 aromatic carbocycles. The fraction of sp³-hybridized carbons (Fsp3) is 0.574. The third kappa shape index (κ3) is 15.2. The fourth-order valence-corrected chi connectivity index (χ4v) is 11.9. The van der Waals surface area contributed by atoms with E-state index in [1.165, 1.54) is 103 Å². The first-order valence-electron chi connectivity index (χ1n) is 27.4. The van der Waals surface area contributed by atoms with Gasteiger partial charge in [-0.1, -0.05) is 52.2 Å². The maximum atomic E-state index is 13.3. The highest BCUT2D eigenvalue weighted by Crippen LogP contribution is 2.37. The summed E-state index contributed by atoms with van der Waals surface area (Å²) < 4.78 is 43.1.